The molecule has 2 aliphatic heterocycles. The fourth-order valence-electron chi connectivity index (χ4n) is 3.45. The second-order valence-corrected chi connectivity index (χ2v) is 5.93. The van der Waals surface area contributed by atoms with Crippen LogP contribution >= 0.6 is 0 Å². The number of urea groups is 1. The van der Waals surface area contributed by atoms with Crippen molar-refractivity contribution >= 4 is 11.9 Å². The summed E-state index contributed by atoms with van der Waals surface area (Å²) in [6.45, 7) is 2.50. The molecule has 2 saturated heterocycles. The third-order valence-electron chi connectivity index (χ3n) is 4.70. The molecule has 3 amide bonds. The number of imide groups is 1. The minimum atomic E-state index is -0.642. The van der Waals surface area contributed by atoms with Crippen molar-refractivity contribution in [3.8, 4) is 6.07 Å². The van der Waals surface area contributed by atoms with E-state index in [1.54, 1.807) is 0 Å². The van der Waals surface area contributed by atoms with E-state index in [0.29, 0.717) is 32.8 Å². The summed E-state index contributed by atoms with van der Waals surface area (Å²) in [6.07, 6.45) is 3.46. The minimum absolute atomic E-state index is 0.0910. The zero-order valence-electron chi connectivity index (χ0n) is 12.0. The van der Waals surface area contributed by atoms with Crippen LogP contribution in [0, 0.1) is 11.3 Å². The van der Waals surface area contributed by atoms with Crippen molar-refractivity contribution in [3.05, 3.63) is 0 Å². The highest BCUT2D eigenvalue weighted by molar-refractivity contribution is 6.07. The lowest BCUT2D eigenvalue weighted by atomic mass is 9.98. The van der Waals surface area contributed by atoms with Crippen molar-refractivity contribution in [1.29, 1.82) is 5.26 Å². The first-order valence-corrected chi connectivity index (χ1v) is 7.52. The molecule has 7 nitrogen and oxygen atoms in total. The van der Waals surface area contributed by atoms with Gasteiger partial charge in [-0.1, -0.05) is 12.8 Å². The minimum Gasteiger partial charge on any atom is -0.377 e. The third kappa shape index (κ3) is 2.49. The molecule has 2 heterocycles. The molecule has 3 rings (SSSR count). The van der Waals surface area contributed by atoms with Gasteiger partial charge in [-0.2, -0.15) is 5.26 Å². The summed E-state index contributed by atoms with van der Waals surface area (Å²) in [5.74, 6) is -0.0910. The van der Waals surface area contributed by atoms with Crippen LogP contribution < -0.4 is 5.32 Å². The van der Waals surface area contributed by atoms with Crippen molar-refractivity contribution in [2.75, 3.05) is 32.8 Å². The quantitative estimate of drug-likeness (QED) is 0.744. The van der Waals surface area contributed by atoms with Crippen molar-refractivity contribution in [2.45, 2.75) is 37.3 Å². The highest BCUT2D eigenvalue weighted by Crippen LogP contribution is 2.34. The Labute approximate surface area is 123 Å². The average molecular weight is 292 g/mol. The molecule has 1 spiro atoms. The van der Waals surface area contributed by atoms with Gasteiger partial charge in [0.2, 0.25) is 0 Å². The van der Waals surface area contributed by atoms with Gasteiger partial charge in [-0.05, 0) is 12.8 Å². The van der Waals surface area contributed by atoms with Crippen molar-refractivity contribution in [3.63, 3.8) is 0 Å². The van der Waals surface area contributed by atoms with E-state index in [1.807, 2.05) is 4.90 Å². The van der Waals surface area contributed by atoms with Crippen LogP contribution in [0.15, 0.2) is 0 Å². The molecule has 1 unspecified atom stereocenters. The maximum Gasteiger partial charge on any atom is 0.325 e. The molecule has 1 saturated carbocycles. The number of nitriles is 1. The second-order valence-electron chi connectivity index (χ2n) is 5.93. The number of carbonyl (C=O) groups is 2. The van der Waals surface area contributed by atoms with Gasteiger partial charge >= 0.3 is 6.03 Å². The molecule has 0 radical (unpaired) electrons. The topological polar surface area (TPSA) is 85.7 Å². The van der Waals surface area contributed by atoms with E-state index < -0.39 is 5.54 Å². The van der Waals surface area contributed by atoms with Crippen LogP contribution in [0.4, 0.5) is 4.79 Å². The predicted molar refractivity (Wildman–Crippen MR) is 73.2 cm³/mol. The van der Waals surface area contributed by atoms with Gasteiger partial charge in [-0.3, -0.25) is 14.6 Å². The summed E-state index contributed by atoms with van der Waals surface area (Å²) in [4.78, 5) is 27.8. The lowest BCUT2D eigenvalue weighted by Gasteiger charge is -2.32. The molecule has 0 aromatic rings. The number of morpholine rings is 1. The zero-order valence-corrected chi connectivity index (χ0v) is 12.0. The summed E-state index contributed by atoms with van der Waals surface area (Å²) >= 11 is 0. The maximum absolute atomic E-state index is 12.5. The number of ether oxygens (including phenoxy) is 1. The van der Waals surface area contributed by atoms with Gasteiger partial charge in [0.15, 0.2) is 0 Å². The van der Waals surface area contributed by atoms with Crippen molar-refractivity contribution in [1.82, 2.24) is 15.1 Å². The standard InChI is InChI=1S/C14H20N4O3/c15-9-11-10-21-8-7-17(11)5-6-18-12(19)14(16-13(18)20)3-1-2-4-14/h11H,1-8,10H2,(H,16,20). The van der Waals surface area contributed by atoms with E-state index in [4.69, 9.17) is 10.00 Å². The summed E-state index contributed by atoms with van der Waals surface area (Å²) in [5, 5.41) is 12.0. The Bertz CT molecular complexity index is 481. The number of carbonyl (C=O) groups excluding carboxylic acids is 2. The van der Waals surface area contributed by atoms with Crippen LogP contribution in [0.1, 0.15) is 25.7 Å². The van der Waals surface area contributed by atoms with E-state index in [1.165, 1.54) is 4.90 Å². The Kier molecular flexibility index (Phi) is 3.83. The third-order valence-corrected chi connectivity index (χ3v) is 4.70. The Morgan fingerprint density at radius 3 is 2.81 bits per heavy atom. The number of rotatable bonds is 3. The normalized spacial score (nSPS) is 28.9. The number of nitrogens with one attached hydrogen (secondary N) is 1. The molecule has 1 N–H and O–H groups in total. The maximum atomic E-state index is 12.5. The molecule has 114 valence electrons. The summed E-state index contributed by atoms with van der Waals surface area (Å²) in [5.41, 5.74) is -0.642. The van der Waals surface area contributed by atoms with E-state index in [9.17, 15) is 9.59 Å². The highest BCUT2D eigenvalue weighted by Gasteiger charge is 2.52. The van der Waals surface area contributed by atoms with Crippen LogP contribution in [0.25, 0.3) is 0 Å². The molecule has 0 aromatic heterocycles. The molecule has 0 aromatic carbocycles. The number of nitrogens with zero attached hydrogens (tertiary/aromatic N) is 3. The fraction of sp³-hybridized carbons (Fsp3) is 0.786. The fourth-order valence-corrected chi connectivity index (χ4v) is 3.45. The highest BCUT2D eigenvalue weighted by atomic mass is 16.5. The molecule has 1 atom stereocenters. The molecule has 3 fully saturated rings. The predicted octanol–water partition coefficient (Wildman–Crippen LogP) is 0.0754. The Balaban J connectivity index is 1.61. The van der Waals surface area contributed by atoms with Crippen LogP contribution in [0.2, 0.25) is 0 Å². The lowest BCUT2D eigenvalue weighted by molar-refractivity contribution is -0.131. The number of amides is 3. The van der Waals surface area contributed by atoms with Gasteiger partial charge in [0.05, 0.1) is 19.3 Å². The SMILES string of the molecule is N#CC1COCCN1CCN1C(=O)NC2(CCCC2)C1=O. The zero-order chi connectivity index (χ0) is 14.9. The van der Waals surface area contributed by atoms with Crippen molar-refractivity contribution < 1.29 is 14.3 Å². The molecule has 21 heavy (non-hydrogen) atoms. The van der Waals surface area contributed by atoms with E-state index >= 15 is 0 Å². The van der Waals surface area contributed by atoms with E-state index in [-0.39, 0.29) is 18.0 Å². The Hall–Kier alpha value is -1.65. The molecule has 7 heteroatoms. The van der Waals surface area contributed by atoms with E-state index in [2.05, 4.69) is 11.4 Å². The lowest BCUT2D eigenvalue weighted by Crippen LogP contribution is -2.49. The number of hydrogen-bond acceptors (Lipinski definition) is 5. The molecular formula is C14H20N4O3. The van der Waals surface area contributed by atoms with Crippen LogP contribution in [0.3, 0.4) is 0 Å². The largest absolute Gasteiger partial charge is 0.377 e. The summed E-state index contributed by atoms with van der Waals surface area (Å²) in [7, 11) is 0. The summed E-state index contributed by atoms with van der Waals surface area (Å²) in [6, 6.07) is 1.62. The average Bonchev–Trinajstić information content (AvgIpc) is 3.05. The second kappa shape index (κ2) is 5.62. The van der Waals surface area contributed by atoms with Crippen LogP contribution in [-0.2, 0) is 9.53 Å². The monoisotopic (exact) mass is 292 g/mol. The van der Waals surface area contributed by atoms with Gasteiger partial charge in [-0.15, -0.1) is 0 Å². The van der Waals surface area contributed by atoms with E-state index in [0.717, 1.165) is 25.7 Å². The van der Waals surface area contributed by atoms with Gasteiger partial charge in [0.1, 0.15) is 11.6 Å². The van der Waals surface area contributed by atoms with Gasteiger partial charge in [-0.25, -0.2) is 4.79 Å². The smallest absolute Gasteiger partial charge is 0.325 e. The van der Waals surface area contributed by atoms with Gasteiger partial charge < -0.3 is 10.1 Å². The Morgan fingerprint density at radius 2 is 2.10 bits per heavy atom. The van der Waals surface area contributed by atoms with Crippen LogP contribution in [-0.4, -0.2) is 66.2 Å². The number of hydrogen-bond donors (Lipinski definition) is 1. The molecule has 3 aliphatic rings. The summed E-state index contributed by atoms with van der Waals surface area (Å²) < 4.78 is 5.27. The first kappa shape index (κ1) is 14.3. The van der Waals surface area contributed by atoms with Gasteiger partial charge in [0, 0.05) is 19.6 Å². The van der Waals surface area contributed by atoms with Crippen molar-refractivity contribution in [2.24, 2.45) is 0 Å². The van der Waals surface area contributed by atoms with Gasteiger partial charge in [0.25, 0.3) is 5.91 Å². The molecule has 1 aliphatic carbocycles. The Morgan fingerprint density at radius 1 is 1.33 bits per heavy atom. The molecular weight excluding hydrogens is 272 g/mol. The van der Waals surface area contributed by atoms with Crippen LogP contribution in [0.5, 0.6) is 0 Å². The first-order valence-electron chi connectivity index (χ1n) is 7.52. The molecule has 0 bridgehead atoms. The first-order chi connectivity index (χ1) is 10.2.